The Bertz CT molecular complexity index is 1020. The molecule has 0 aliphatic heterocycles. The molecule has 0 fully saturated rings. The maximum Gasteiger partial charge on any atom is 0.242 e. The van der Waals surface area contributed by atoms with E-state index < -0.39 is 11.8 Å². The molecule has 0 saturated carbocycles. The Balaban J connectivity index is 1.90. The minimum absolute atomic E-state index is 0.0706. The van der Waals surface area contributed by atoms with Crippen LogP contribution in [-0.2, 0) is 11.2 Å². The van der Waals surface area contributed by atoms with Gasteiger partial charge < -0.3 is 10.3 Å². The van der Waals surface area contributed by atoms with Crippen molar-refractivity contribution in [3.8, 4) is 6.07 Å². The van der Waals surface area contributed by atoms with E-state index in [0.717, 1.165) is 5.52 Å². The van der Waals surface area contributed by atoms with Gasteiger partial charge in [-0.3, -0.25) is 9.59 Å². The highest BCUT2D eigenvalue weighted by molar-refractivity contribution is 5.94. The zero-order valence-electron chi connectivity index (χ0n) is 13.7. The second-order valence-corrected chi connectivity index (χ2v) is 5.84. The number of hydrogen-bond acceptors (Lipinski definition) is 3. The number of carbonyl (C=O) groups is 1. The molecule has 2 N–H and O–H groups in total. The van der Waals surface area contributed by atoms with Gasteiger partial charge in [0.05, 0.1) is 6.07 Å². The first kappa shape index (κ1) is 16.5. The first-order valence-electron chi connectivity index (χ1n) is 7.96. The van der Waals surface area contributed by atoms with Crippen LogP contribution in [0.25, 0.3) is 10.9 Å². The second-order valence-electron chi connectivity index (χ2n) is 5.84. The van der Waals surface area contributed by atoms with Gasteiger partial charge in [-0.05, 0) is 31.2 Å². The smallest absolute Gasteiger partial charge is 0.242 e. The van der Waals surface area contributed by atoms with Gasteiger partial charge in [0.1, 0.15) is 5.92 Å². The summed E-state index contributed by atoms with van der Waals surface area (Å²) in [5.41, 5.74) is 2.37. The molecule has 1 amide bonds. The molecule has 0 aliphatic rings. The SMILES string of the molecule is Cc1[nH]c2ccccc2c(=O)c1CC(C#N)C(=O)Nc1ccccc1. The summed E-state index contributed by atoms with van der Waals surface area (Å²) in [4.78, 5) is 28.3. The quantitative estimate of drug-likeness (QED) is 0.770. The van der Waals surface area contributed by atoms with Crippen LogP contribution in [0.4, 0.5) is 5.69 Å². The fraction of sp³-hybridized carbons (Fsp3) is 0.150. The lowest BCUT2D eigenvalue weighted by molar-refractivity contribution is -0.118. The van der Waals surface area contributed by atoms with Gasteiger partial charge in [-0.15, -0.1) is 0 Å². The molecule has 3 rings (SSSR count). The van der Waals surface area contributed by atoms with Crippen LogP contribution in [0, 0.1) is 24.2 Å². The van der Waals surface area contributed by atoms with Crippen LogP contribution in [0.15, 0.2) is 59.4 Å². The second kappa shape index (κ2) is 7.02. The van der Waals surface area contributed by atoms with Gasteiger partial charge in [0.2, 0.25) is 5.91 Å². The van der Waals surface area contributed by atoms with Crippen molar-refractivity contribution in [1.29, 1.82) is 5.26 Å². The van der Waals surface area contributed by atoms with Crippen LogP contribution in [0.3, 0.4) is 0 Å². The van der Waals surface area contributed by atoms with Gasteiger partial charge in [0.15, 0.2) is 5.43 Å². The molecular formula is C20H17N3O2. The maximum absolute atomic E-state index is 12.7. The molecule has 0 radical (unpaired) electrons. The zero-order valence-corrected chi connectivity index (χ0v) is 13.7. The van der Waals surface area contributed by atoms with E-state index in [0.29, 0.717) is 22.3 Å². The molecule has 0 bridgehead atoms. The normalized spacial score (nSPS) is 11.7. The monoisotopic (exact) mass is 331 g/mol. The summed E-state index contributed by atoms with van der Waals surface area (Å²) in [7, 11) is 0. The summed E-state index contributed by atoms with van der Waals surface area (Å²) in [6, 6.07) is 18.2. The number of nitrogens with zero attached hydrogens (tertiary/aromatic N) is 1. The van der Waals surface area contributed by atoms with E-state index in [-0.39, 0.29) is 11.8 Å². The van der Waals surface area contributed by atoms with Crippen LogP contribution >= 0.6 is 0 Å². The number of carbonyl (C=O) groups excluding carboxylic acids is 1. The lowest BCUT2D eigenvalue weighted by Gasteiger charge is -2.12. The molecule has 5 nitrogen and oxygen atoms in total. The van der Waals surface area contributed by atoms with Gasteiger partial charge in [-0.2, -0.15) is 5.26 Å². The average molecular weight is 331 g/mol. The molecule has 0 aliphatic carbocycles. The summed E-state index contributed by atoms with van der Waals surface area (Å²) < 4.78 is 0. The third-order valence-electron chi connectivity index (χ3n) is 4.14. The molecule has 1 aromatic heterocycles. The minimum atomic E-state index is -0.943. The number of aromatic amines is 1. The predicted octanol–water partition coefficient (Wildman–Crippen LogP) is 3.16. The predicted molar refractivity (Wildman–Crippen MR) is 97.2 cm³/mol. The van der Waals surface area contributed by atoms with Crippen molar-refractivity contribution < 1.29 is 4.79 Å². The average Bonchev–Trinajstić information content (AvgIpc) is 2.62. The summed E-state index contributed by atoms with van der Waals surface area (Å²) in [6.45, 7) is 1.78. The first-order chi connectivity index (χ1) is 12.1. The van der Waals surface area contributed by atoms with Gasteiger partial charge in [0, 0.05) is 34.3 Å². The number of anilines is 1. The van der Waals surface area contributed by atoms with E-state index in [1.54, 1.807) is 43.3 Å². The standard InChI is InChI=1S/C20H17N3O2/c1-13-17(19(24)16-9-5-6-10-18(16)22-13)11-14(12-21)20(25)23-15-7-3-2-4-8-15/h2-10,14H,11H2,1H3,(H,22,24)(H,23,25). The van der Waals surface area contributed by atoms with Crippen molar-refractivity contribution in [3.05, 3.63) is 76.1 Å². The number of pyridine rings is 1. The van der Waals surface area contributed by atoms with Crippen molar-refractivity contribution in [2.75, 3.05) is 5.32 Å². The Kier molecular flexibility index (Phi) is 4.62. The van der Waals surface area contributed by atoms with Gasteiger partial charge in [-0.25, -0.2) is 0 Å². The van der Waals surface area contributed by atoms with Gasteiger partial charge in [0.25, 0.3) is 0 Å². The Morgan fingerprint density at radius 2 is 1.84 bits per heavy atom. The van der Waals surface area contributed by atoms with Crippen LogP contribution in [-0.4, -0.2) is 10.9 Å². The van der Waals surface area contributed by atoms with E-state index in [4.69, 9.17) is 0 Å². The maximum atomic E-state index is 12.7. The van der Waals surface area contributed by atoms with Crippen molar-refractivity contribution >= 4 is 22.5 Å². The van der Waals surface area contributed by atoms with E-state index in [1.807, 2.05) is 24.3 Å². The molecule has 0 spiro atoms. The summed E-state index contributed by atoms with van der Waals surface area (Å²) in [5.74, 6) is -1.36. The number of H-pyrrole nitrogens is 1. The van der Waals surface area contributed by atoms with Crippen LogP contribution in [0.5, 0.6) is 0 Å². The number of nitrogens with one attached hydrogen (secondary N) is 2. The number of nitriles is 1. The molecular weight excluding hydrogens is 314 g/mol. The van der Waals surface area contributed by atoms with E-state index in [2.05, 4.69) is 10.3 Å². The zero-order chi connectivity index (χ0) is 17.8. The van der Waals surface area contributed by atoms with E-state index in [1.165, 1.54) is 0 Å². The van der Waals surface area contributed by atoms with Crippen LogP contribution < -0.4 is 10.7 Å². The Labute approximate surface area is 144 Å². The summed E-state index contributed by atoms with van der Waals surface area (Å²) in [5, 5.41) is 12.7. The van der Waals surface area contributed by atoms with Crippen molar-refractivity contribution in [3.63, 3.8) is 0 Å². The number of hydrogen-bond donors (Lipinski definition) is 2. The minimum Gasteiger partial charge on any atom is -0.358 e. The van der Waals surface area contributed by atoms with Crippen LogP contribution in [0.1, 0.15) is 11.3 Å². The Morgan fingerprint density at radius 1 is 1.16 bits per heavy atom. The molecule has 124 valence electrons. The van der Waals surface area contributed by atoms with Gasteiger partial charge >= 0.3 is 0 Å². The first-order valence-corrected chi connectivity index (χ1v) is 7.96. The third kappa shape index (κ3) is 3.43. The van der Waals surface area contributed by atoms with Crippen LogP contribution in [0.2, 0.25) is 0 Å². The number of amides is 1. The lowest BCUT2D eigenvalue weighted by Crippen LogP contribution is -2.26. The number of aryl methyl sites for hydroxylation is 1. The van der Waals surface area contributed by atoms with Crippen molar-refractivity contribution in [2.24, 2.45) is 5.92 Å². The number of rotatable bonds is 4. The molecule has 2 aromatic carbocycles. The van der Waals surface area contributed by atoms with Crippen molar-refractivity contribution in [2.45, 2.75) is 13.3 Å². The number of para-hydroxylation sites is 2. The summed E-state index contributed by atoms with van der Waals surface area (Å²) >= 11 is 0. The topological polar surface area (TPSA) is 85.8 Å². The molecule has 0 saturated heterocycles. The highest BCUT2D eigenvalue weighted by Crippen LogP contribution is 2.15. The van der Waals surface area contributed by atoms with Gasteiger partial charge in [-0.1, -0.05) is 30.3 Å². The molecule has 1 heterocycles. The van der Waals surface area contributed by atoms with E-state index in [9.17, 15) is 14.9 Å². The Morgan fingerprint density at radius 3 is 2.56 bits per heavy atom. The number of benzene rings is 2. The molecule has 1 atom stereocenters. The highest BCUT2D eigenvalue weighted by Gasteiger charge is 2.22. The van der Waals surface area contributed by atoms with Crippen molar-refractivity contribution in [1.82, 2.24) is 4.98 Å². The summed E-state index contributed by atoms with van der Waals surface area (Å²) in [6.07, 6.45) is 0.0706. The molecule has 5 heteroatoms. The number of aromatic nitrogens is 1. The fourth-order valence-corrected chi connectivity index (χ4v) is 2.80. The molecule has 3 aromatic rings. The number of fused-ring (bicyclic) bond motifs is 1. The van der Waals surface area contributed by atoms with E-state index >= 15 is 0 Å². The Hall–Kier alpha value is -3.39. The third-order valence-corrected chi connectivity index (χ3v) is 4.14. The molecule has 1 unspecified atom stereocenters. The fourth-order valence-electron chi connectivity index (χ4n) is 2.80. The highest BCUT2D eigenvalue weighted by atomic mass is 16.2. The largest absolute Gasteiger partial charge is 0.358 e. The lowest BCUT2D eigenvalue weighted by atomic mass is 9.97. The molecule has 25 heavy (non-hydrogen) atoms.